The van der Waals surface area contributed by atoms with E-state index in [1.807, 2.05) is 0 Å². The van der Waals surface area contributed by atoms with Gasteiger partial charge in [-0.25, -0.2) is 0 Å². The summed E-state index contributed by atoms with van der Waals surface area (Å²) in [6.45, 7) is 2.33. The van der Waals surface area contributed by atoms with Crippen molar-refractivity contribution in [2.45, 2.75) is 70.3 Å². The van der Waals surface area contributed by atoms with Crippen LogP contribution in [0.3, 0.4) is 0 Å². The van der Waals surface area contributed by atoms with Crippen molar-refractivity contribution in [3.63, 3.8) is 0 Å². The Morgan fingerprint density at radius 3 is 2.04 bits per heavy atom. The van der Waals surface area contributed by atoms with E-state index in [1.54, 1.807) is 37.7 Å². The molecule has 5 fully saturated rings. The molecule has 0 aliphatic heterocycles. The molecule has 0 amide bonds. The van der Waals surface area contributed by atoms with Gasteiger partial charge in [0.15, 0.2) is 0 Å². The third kappa shape index (κ3) is 2.94. The first-order valence-corrected chi connectivity index (χ1v) is 10.6. The molecular formula is C23H33N. The average molecular weight is 324 g/mol. The van der Waals surface area contributed by atoms with Crippen molar-refractivity contribution in [2.24, 2.45) is 29.6 Å². The van der Waals surface area contributed by atoms with Gasteiger partial charge in [0.25, 0.3) is 0 Å². The molecule has 1 aromatic carbocycles. The Balaban J connectivity index is 1.14. The highest BCUT2D eigenvalue weighted by atomic mass is 14.9. The predicted octanol–water partition coefficient (Wildman–Crippen LogP) is 5.51. The zero-order valence-electron chi connectivity index (χ0n) is 15.1. The Kier molecular flexibility index (Phi) is 4.17. The Bertz CT molecular complexity index is 526. The van der Waals surface area contributed by atoms with E-state index in [-0.39, 0.29) is 0 Å². The lowest BCUT2D eigenvalue weighted by molar-refractivity contribution is -0.0355. The Hall–Kier alpha value is -0.820. The van der Waals surface area contributed by atoms with Gasteiger partial charge >= 0.3 is 0 Å². The molecule has 6 rings (SSSR count). The van der Waals surface area contributed by atoms with Crippen LogP contribution in [0.4, 0.5) is 0 Å². The standard InChI is InChI=1S/C23H33N/c1-2-4-19(3-1)20-7-5-16(6-8-20)14-24-15-23-21-10-17-9-18(12-21)13-22(23)11-17/h5-8,17-19,21-24H,1-4,9-15H2. The van der Waals surface area contributed by atoms with Crippen molar-refractivity contribution in [2.75, 3.05) is 6.54 Å². The van der Waals surface area contributed by atoms with Gasteiger partial charge in [0.1, 0.15) is 0 Å². The normalized spacial score (nSPS) is 38.1. The molecule has 0 unspecified atom stereocenters. The molecule has 0 saturated heterocycles. The maximum Gasteiger partial charge on any atom is 0.0205 e. The minimum absolute atomic E-state index is 0.847. The maximum atomic E-state index is 3.82. The maximum absolute atomic E-state index is 3.82. The first kappa shape index (κ1) is 15.4. The van der Waals surface area contributed by atoms with Gasteiger partial charge < -0.3 is 5.32 Å². The van der Waals surface area contributed by atoms with Crippen LogP contribution in [0.5, 0.6) is 0 Å². The second-order valence-corrected chi connectivity index (χ2v) is 9.45. The number of hydrogen-bond donors (Lipinski definition) is 1. The molecular weight excluding hydrogens is 290 g/mol. The number of nitrogens with one attached hydrogen (secondary N) is 1. The molecule has 1 aromatic rings. The number of hydrogen-bond acceptors (Lipinski definition) is 1. The van der Waals surface area contributed by atoms with E-state index in [2.05, 4.69) is 29.6 Å². The molecule has 130 valence electrons. The van der Waals surface area contributed by atoms with Crippen molar-refractivity contribution < 1.29 is 0 Å². The molecule has 4 bridgehead atoms. The zero-order chi connectivity index (χ0) is 15.9. The fraction of sp³-hybridized carbons (Fsp3) is 0.739. The molecule has 24 heavy (non-hydrogen) atoms. The Labute approximate surface area is 147 Å². The van der Waals surface area contributed by atoms with E-state index in [0.717, 1.165) is 42.1 Å². The molecule has 1 heteroatoms. The van der Waals surface area contributed by atoms with Gasteiger partial charge in [0, 0.05) is 6.54 Å². The van der Waals surface area contributed by atoms with E-state index in [9.17, 15) is 0 Å². The summed E-state index contributed by atoms with van der Waals surface area (Å²) in [6.07, 6.45) is 13.4. The molecule has 1 N–H and O–H groups in total. The molecule has 5 aliphatic carbocycles. The van der Waals surface area contributed by atoms with Crippen LogP contribution in [-0.4, -0.2) is 6.54 Å². The molecule has 0 heterocycles. The minimum atomic E-state index is 0.847. The van der Waals surface area contributed by atoms with Crippen molar-refractivity contribution >= 4 is 0 Å². The van der Waals surface area contributed by atoms with Gasteiger partial charge in [0.05, 0.1) is 0 Å². The highest BCUT2D eigenvalue weighted by molar-refractivity contribution is 5.26. The monoisotopic (exact) mass is 323 g/mol. The fourth-order valence-electron chi connectivity index (χ4n) is 6.92. The summed E-state index contributed by atoms with van der Waals surface area (Å²) in [5.74, 6) is 6.14. The molecule has 0 spiro atoms. The van der Waals surface area contributed by atoms with Crippen LogP contribution in [0.2, 0.25) is 0 Å². The lowest BCUT2D eigenvalue weighted by Gasteiger charge is -2.54. The molecule has 0 aromatic heterocycles. The molecule has 5 saturated carbocycles. The van der Waals surface area contributed by atoms with Crippen LogP contribution in [0.1, 0.15) is 74.8 Å². The van der Waals surface area contributed by atoms with E-state index in [1.165, 1.54) is 37.8 Å². The van der Waals surface area contributed by atoms with Crippen LogP contribution in [0.25, 0.3) is 0 Å². The second-order valence-electron chi connectivity index (χ2n) is 9.45. The Morgan fingerprint density at radius 1 is 0.792 bits per heavy atom. The van der Waals surface area contributed by atoms with Crippen molar-refractivity contribution in [3.05, 3.63) is 35.4 Å². The van der Waals surface area contributed by atoms with Crippen LogP contribution in [-0.2, 0) is 6.54 Å². The molecule has 1 nitrogen and oxygen atoms in total. The molecule has 0 atom stereocenters. The third-order valence-electron chi connectivity index (χ3n) is 7.94. The lowest BCUT2D eigenvalue weighted by atomic mass is 9.52. The van der Waals surface area contributed by atoms with E-state index < -0.39 is 0 Å². The van der Waals surface area contributed by atoms with Crippen LogP contribution >= 0.6 is 0 Å². The predicted molar refractivity (Wildman–Crippen MR) is 99.9 cm³/mol. The largest absolute Gasteiger partial charge is 0.312 e. The quantitative estimate of drug-likeness (QED) is 0.754. The SMILES string of the molecule is c1cc(C2CCCC2)ccc1CNCC1C2CC3CC(C2)CC1C3. The van der Waals surface area contributed by atoms with Crippen LogP contribution in [0, 0.1) is 29.6 Å². The topological polar surface area (TPSA) is 12.0 Å². The van der Waals surface area contributed by atoms with Crippen molar-refractivity contribution in [1.29, 1.82) is 0 Å². The van der Waals surface area contributed by atoms with Gasteiger partial charge in [0.2, 0.25) is 0 Å². The van der Waals surface area contributed by atoms with Gasteiger partial charge in [-0.15, -0.1) is 0 Å². The van der Waals surface area contributed by atoms with E-state index in [0.29, 0.717) is 0 Å². The first-order chi connectivity index (χ1) is 11.8. The summed E-state index contributed by atoms with van der Waals surface area (Å²) >= 11 is 0. The second kappa shape index (κ2) is 6.48. The highest BCUT2D eigenvalue weighted by Gasteiger charge is 2.47. The van der Waals surface area contributed by atoms with Gasteiger partial charge in [-0.2, -0.15) is 0 Å². The minimum Gasteiger partial charge on any atom is -0.312 e. The smallest absolute Gasteiger partial charge is 0.0205 e. The number of benzene rings is 1. The highest BCUT2D eigenvalue weighted by Crippen LogP contribution is 2.56. The molecule has 5 aliphatic rings. The third-order valence-corrected chi connectivity index (χ3v) is 7.94. The average Bonchev–Trinajstić information content (AvgIpc) is 3.12. The summed E-state index contributed by atoms with van der Waals surface area (Å²) in [5, 5.41) is 3.82. The fourth-order valence-corrected chi connectivity index (χ4v) is 6.92. The van der Waals surface area contributed by atoms with E-state index >= 15 is 0 Å². The summed E-state index contributed by atoms with van der Waals surface area (Å²) < 4.78 is 0. The zero-order valence-corrected chi connectivity index (χ0v) is 15.1. The molecule has 0 radical (unpaired) electrons. The van der Waals surface area contributed by atoms with E-state index in [4.69, 9.17) is 0 Å². The van der Waals surface area contributed by atoms with Crippen molar-refractivity contribution in [1.82, 2.24) is 5.32 Å². The lowest BCUT2D eigenvalue weighted by Crippen LogP contribution is -2.48. The first-order valence-electron chi connectivity index (χ1n) is 10.6. The van der Waals surface area contributed by atoms with Crippen LogP contribution in [0.15, 0.2) is 24.3 Å². The van der Waals surface area contributed by atoms with Gasteiger partial charge in [-0.3, -0.25) is 0 Å². The van der Waals surface area contributed by atoms with Crippen molar-refractivity contribution in [3.8, 4) is 0 Å². The van der Waals surface area contributed by atoms with Gasteiger partial charge in [-0.05, 0) is 98.1 Å². The van der Waals surface area contributed by atoms with Gasteiger partial charge in [-0.1, -0.05) is 37.1 Å². The van der Waals surface area contributed by atoms with Crippen LogP contribution < -0.4 is 5.32 Å². The Morgan fingerprint density at radius 2 is 1.42 bits per heavy atom. The summed E-state index contributed by atoms with van der Waals surface area (Å²) in [6, 6.07) is 9.54. The number of rotatable bonds is 5. The summed E-state index contributed by atoms with van der Waals surface area (Å²) in [4.78, 5) is 0. The summed E-state index contributed by atoms with van der Waals surface area (Å²) in [7, 11) is 0. The summed E-state index contributed by atoms with van der Waals surface area (Å²) in [5.41, 5.74) is 3.05.